The van der Waals surface area contributed by atoms with Crippen LogP contribution in [0.2, 0.25) is 0 Å². The van der Waals surface area contributed by atoms with Crippen molar-refractivity contribution in [1.29, 1.82) is 0 Å². The van der Waals surface area contributed by atoms with E-state index in [0.29, 0.717) is 5.82 Å². The van der Waals surface area contributed by atoms with Crippen LogP contribution in [0.3, 0.4) is 0 Å². The number of rotatable bonds is 2. The molecule has 0 amide bonds. The summed E-state index contributed by atoms with van der Waals surface area (Å²) in [6, 6.07) is 3.92. The predicted molar refractivity (Wildman–Crippen MR) is 70.1 cm³/mol. The first kappa shape index (κ1) is 12.6. The Bertz CT molecular complexity index is 559. The summed E-state index contributed by atoms with van der Waals surface area (Å²) in [5.74, 6) is 0.672. The quantitative estimate of drug-likeness (QED) is 0.880. The summed E-state index contributed by atoms with van der Waals surface area (Å²) in [6.07, 6.45) is 1.15. The van der Waals surface area contributed by atoms with Crippen molar-refractivity contribution >= 4 is 0 Å². The first-order chi connectivity index (χ1) is 8.47. The second-order valence-corrected chi connectivity index (χ2v) is 4.55. The Kier molecular flexibility index (Phi) is 3.39. The molecule has 0 aliphatic rings. The highest BCUT2D eigenvalue weighted by Crippen LogP contribution is 2.20. The smallest absolute Gasteiger partial charge is 0.159 e. The van der Waals surface area contributed by atoms with Gasteiger partial charge in [0.05, 0.1) is 6.10 Å². The monoisotopic (exact) mass is 243 g/mol. The lowest BCUT2D eigenvalue weighted by molar-refractivity contribution is 0.197. The average molecular weight is 243 g/mol. The molecule has 0 unspecified atom stereocenters. The SMILES string of the molecule is Cc1cc(-c2ncc([C@H](C)O)c(C)n2)cc(C)n1. The van der Waals surface area contributed by atoms with Crippen LogP contribution in [0.4, 0.5) is 0 Å². The molecule has 0 saturated heterocycles. The maximum absolute atomic E-state index is 9.56. The van der Waals surface area contributed by atoms with Gasteiger partial charge in [0.1, 0.15) is 0 Å². The summed E-state index contributed by atoms with van der Waals surface area (Å²) in [5.41, 5.74) is 4.43. The molecular weight excluding hydrogens is 226 g/mol. The lowest BCUT2D eigenvalue weighted by atomic mass is 10.1. The summed E-state index contributed by atoms with van der Waals surface area (Å²) in [6.45, 7) is 7.50. The van der Waals surface area contributed by atoms with Crippen LogP contribution in [0.1, 0.15) is 35.7 Å². The summed E-state index contributed by atoms with van der Waals surface area (Å²) in [5, 5.41) is 9.56. The van der Waals surface area contributed by atoms with E-state index in [2.05, 4.69) is 15.0 Å². The Morgan fingerprint density at radius 2 is 1.67 bits per heavy atom. The van der Waals surface area contributed by atoms with E-state index in [1.165, 1.54) is 0 Å². The van der Waals surface area contributed by atoms with E-state index in [1.807, 2.05) is 32.9 Å². The topological polar surface area (TPSA) is 58.9 Å². The third kappa shape index (κ3) is 2.54. The van der Waals surface area contributed by atoms with E-state index in [9.17, 15) is 5.11 Å². The van der Waals surface area contributed by atoms with Crippen molar-refractivity contribution in [3.63, 3.8) is 0 Å². The van der Waals surface area contributed by atoms with Gasteiger partial charge in [-0.25, -0.2) is 9.97 Å². The van der Waals surface area contributed by atoms with Gasteiger partial charge in [0.2, 0.25) is 0 Å². The molecule has 0 aliphatic carbocycles. The molecule has 0 aromatic carbocycles. The molecule has 0 fully saturated rings. The molecule has 0 spiro atoms. The number of nitrogens with zero attached hydrogens (tertiary/aromatic N) is 3. The van der Waals surface area contributed by atoms with E-state index in [0.717, 1.165) is 28.2 Å². The second kappa shape index (κ2) is 4.82. The first-order valence-corrected chi connectivity index (χ1v) is 5.94. The van der Waals surface area contributed by atoms with Crippen molar-refractivity contribution in [3.05, 3.63) is 41.0 Å². The molecule has 2 aromatic heterocycles. The average Bonchev–Trinajstić information content (AvgIpc) is 2.26. The van der Waals surface area contributed by atoms with Crippen molar-refractivity contribution < 1.29 is 5.11 Å². The zero-order valence-electron chi connectivity index (χ0n) is 11.1. The molecule has 2 heterocycles. The van der Waals surface area contributed by atoms with E-state index in [4.69, 9.17) is 0 Å². The molecule has 0 bridgehead atoms. The Morgan fingerprint density at radius 1 is 1.06 bits per heavy atom. The Morgan fingerprint density at radius 3 is 2.17 bits per heavy atom. The molecule has 1 N–H and O–H groups in total. The third-order valence-electron chi connectivity index (χ3n) is 2.81. The number of aromatic nitrogens is 3. The second-order valence-electron chi connectivity index (χ2n) is 4.55. The minimum absolute atomic E-state index is 0.542. The summed E-state index contributed by atoms with van der Waals surface area (Å²) in [4.78, 5) is 13.1. The Balaban J connectivity index is 2.48. The van der Waals surface area contributed by atoms with Crippen molar-refractivity contribution in [3.8, 4) is 11.4 Å². The minimum atomic E-state index is -0.542. The molecule has 94 valence electrons. The Labute approximate surface area is 107 Å². The number of hydrogen-bond acceptors (Lipinski definition) is 4. The summed E-state index contributed by atoms with van der Waals surface area (Å²) in [7, 11) is 0. The fraction of sp³-hybridized carbons (Fsp3) is 0.357. The van der Waals surface area contributed by atoms with Gasteiger partial charge in [-0.05, 0) is 39.8 Å². The van der Waals surface area contributed by atoms with Gasteiger partial charge in [-0.1, -0.05) is 0 Å². The highest BCUT2D eigenvalue weighted by atomic mass is 16.3. The van der Waals surface area contributed by atoms with Gasteiger partial charge in [0, 0.05) is 34.4 Å². The van der Waals surface area contributed by atoms with Crippen LogP contribution in [0.15, 0.2) is 18.3 Å². The van der Waals surface area contributed by atoms with Crippen molar-refractivity contribution in [2.24, 2.45) is 0 Å². The van der Waals surface area contributed by atoms with Crippen LogP contribution in [0.5, 0.6) is 0 Å². The first-order valence-electron chi connectivity index (χ1n) is 5.94. The Hall–Kier alpha value is -1.81. The lowest BCUT2D eigenvalue weighted by Gasteiger charge is -2.09. The van der Waals surface area contributed by atoms with Gasteiger partial charge in [-0.3, -0.25) is 4.98 Å². The van der Waals surface area contributed by atoms with Crippen LogP contribution in [0, 0.1) is 20.8 Å². The van der Waals surface area contributed by atoms with Gasteiger partial charge < -0.3 is 5.11 Å². The van der Waals surface area contributed by atoms with Crippen LogP contribution < -0.4 is 0 Å². The van der Waals surface area contributed by atoms with Gasteiger partial charge in [0.15, 0.2) is 5.82 Å². The number of pyridine rings is 1. The number of aliphatic hydroxyl groups excluding tert-OH is 1. The van der Waals surface area contributed by atoms with Gasteiger partial charge in [-0.15, -0.1) is 0 Å². The van der Waals surface area contributed by atoms with Crippen LogP contribution in [-0.2, 0) is 0 Å². The van der Waals surface area contributed by atoms with Gasteiger partial charge in [0.25, 0.3) is 0 Å². The highest BCUT2D eigenvalue weighted by Gasteiger charge is 2.10. The van der Waals surface area contributed by atoms with Crippen LogP contribution >= 0.6 is 0 Å². The number of aryl methyl sites for hydroxylation is 3. The van der Waals surface area contributed by atoms with Crippen molar-refractivity contribution in [2.45, 2.75) is 33.8 Å². The predicted octanol–water partition coefficient (Wildman–Crippen LogP) is 2.52. The standard InChI is InChI=1S/C14H17N3O/c1-8-5-12(6-9(2)16-8)14-15-7-13(11(4)18)10(3)17-14/h5-7,11,18H,1-4H3/t11-/m0/s1. The van der Waals surface area contributed by atoms with Gasteiger partial charge in [-0.2, -0.15) is 0 Å². The zero-order valence-corrected chi connectivity index (χ0v) is 11.1. The fourth-order valence-corrected chi connectivity index (χ4v) is 1.99. The number of hydrogen-bond donors (Lipinski definition) is 1. The van der Waals surface area contributed by atoms with E-state index < -0.39 is 6.10 Å². The van der Waals surface area contributed by atoms with Crippen molar-refractivity contribution in [2.75, 3.05) is 0 Å². The zero-order chi connectivity index (χ0) is 13.3. The normalized spacial score (nSPS) is 12.5. The molecule has 2 aromatic rings. The highest BCUT2D eigenvalue weighted by molar-refractivity contribution is 5.56. The summed E-state index contributed by atoms with van der Waals surface area (Å²) < 4.78 is 0. The summed E-state index contributed by atoms with van der Waals surface area (Å²) >= 11 is 0. The number of aliphatic hydroxyl groups is 1. The van der Waals surface area contributed by atoms with E-state index in [-0.39, 0.29) is 0 Å². The molecular formula is C14H17N3O. The maximum atomic E-state index is 9.56. The van der Waals surface area contributed by atoms with E-state index >= 15 is 0 Å². The molecule has 0 radical (unpaired) electrons. The van der Waals surface area contributed by atoms with Gasteiger partial charge >= 0.3 is 0 Å². The lowest BCUT2D eigenvalue weighted by Crippen LogP contribution is -2.01. The van der Waals surface area contributed by atoms with E-state index in [1.54, 1.807) is 13.1 Å². The van der Waals surface area contributed by atoms with Crippen molar-refractivity contribution in [1.82, 2.24) is 15.0 Å². The third-order valence-corrected chi connectivity index (χ3v) is 2.81. The molecule has 0 saturated carbocycles. The molecule has 1 atom stereocenters. The molecule has 2 rings (SSSR count). The molecule has 4 heteroatoms. The maximum Gasteiger partial charge on any atom is 0.159 e. The fourth-order valence-electron chi connectivity index (χ4n) is 1.99. The largest absolute Gasteiger partial charge is 0.389 e. The van der Waals surface area contributed by atoms with Crippen LogP contribution in [0.25, 0.3) is 11.4 Å². The molecule has 4 nitrogen and oxygen atoms in total. The molecule has 18 heavy (non-hydrogen) atoms. The minimum Gasteiger partial charge on any atom is -0.389 e. The van der Waals surface area contributed by atoms with Crippen LogP contribution in [-0.4, -0.2) is 20.1 Å². The molecule has 0 aliphatic heterocycles.